The first-order chi connectivity index (χ1) is 8.37. The summed E-state index contributed by atoms with van der Waals surface area (Å²) < 4.78 is 16.8. The molecule has 0 N–H and O–H groups in total. The summed E-state index contributed by atoms with van der Waals surface area (Å²) in [7, 11) is 0. The Kier molecular flexibility index (Phi) is 9.70. The fraction of sp³-hybridized carbons (Fsp3) is 1.00. The molecule has 0 spiro atoms. The lowest BCUT2D eigenvalue weighted by Gasteiger charge is -2.26. The molecule has 0 aliphatic heterocycles. The fourth-order valence-electron chi connectivity index (χ4n) is 1.67. The summed E-state index contributed by atoms with van der Waals surface area (Å²) in [5, 5.41) is 0. The van der Waals surface area contributed by atoms with Crippen LogP contribution in [0, 0.1) is 5.92 Å². The lowest BCUT2D eigenvalue weighted by Crippen LogP contribution is -2.26. The molecule has 0 aliphatic rings. The minimum atomic E-state index is -0.0972. The van der Waals surface area contributed by atoms with E-state index in [9.17, 15) is 0 Å². The summed E-state index contributed by atoms with van der Waals surface area (Å²) in [5.74, 6) is 0.705. The lowest BCUT2D eigenvalue weighted by atomic mass is 10.0. The molecule has 0 heterocycles. The molecule has 0 aliphatic carbocycles. The first-order valence-corrected chi connectivity index (χ1v) is 7.24. The molecule has 18 heavy (non-hydrogen) atoms. The van der Waals surface area contributed by atoms with Crippen molar-refractivity contribution in [3.05, 3.63) is 0 Å². The summed E-state index contributed by atoms with van der Waals surface area (Å²) in [6, 6.07) is 0. The van der Waals surface area contributed by atoms with Crippen molar-refractivity contribution in [3.8, 4) is 0 Å². The van der Waals surface area contributed by atoms with Crippen molar-refractivity contribution < 1.29 is 14.2 Å². The minimum Gasteiger partial charge on any atom is -0.376 e. The predicted octanol–water partition coefficient (Wildman–Crippen LogP) is 4.01. The van der Waals surface area contributed by atoms with E-state index in [4.69, 9.17) is 14.2 Å². The SMILES string of the molecule is CCOC(C)OCCCC(C)(C)OCCC(C)C. The molecule has 1 atom stereocenters. The Morgan fingerprint density at radius 2 is 1.67 bits per heavy atom. The molecule has 0 aromatic rings. The van der Waals surface area contributed by atoms with Crippen molar-refractivity contribution in [2.24, 2.45) is 5.92 Å². The molecule has 0 amide bonds. The number of rotatable bonds is 11. The summed E-state index contributed by atoms with van der Waals surface area (Å²) in [6.07, 6.45) is 3.05. The maximum atomic E-state index is 5.91. The van der Waals surface area contributed by atoms with Crippen LogP contribution in [0.15, 0.2) is 0 Å². The largest absolute Gasteiger partial charge is 0.376 e. The summed E-state index contributed by atoms with van der Waals surface area (Å²) in [6.45, 7) is 14.9. The topological polar surface area (TPSA) is 27.7 Å². The van der Waals surface area contributed by atoms with Crippen molar-refractivity contribution in [1.82, 2.24) is 0 Å². The zero-order chi connectivity index (χ0) is 14.0. The summed E-state index contributed by atoms with van der Waals surface area (Å²) in [5.41, 5.74) is -0.0485. The zero-order valence-corrected chi connectivity index (χ0v) is 13.1. The predicted molar refractivity (Wildman–Crippen MR) is 75.8 cm³/mol. The second-order valence-corrected chi connectivity index (χ2v) is 5.79. The van der Waals surface area contributed by atoms with E-state index in [-0.39, 0.29) is 11.9 Å². The van der Waals surface area contributed by atoms with Crippen LogP contribution in [-0.2, 0) is 14.2 Å². The van der Waals surface area contributed by atoms with Gasteiger partial charge in [-0.3, -0.25) is 0 Å². The van der Waals surface area contributed by atoms with Gasteiger partial charge in [0, 0.05) is 19.8 Å². The highest BCUT2D eigenvalue weighted by Gasteiger charge is 2.18. The highest BCUT2D eigenvalue weighted by Crippen LogP contribution is 2.18. The molecule has 0 saturated heterocycles. The Balaban J connectivity index is 3.57. The van der Waals surface area contributed by atoms with Crippen molar-refractivity contribution in [1.29, 1.82) is 0 Å². The van der Waals surface area contributed by atoms with Crippen LogP contribution in [0.4, 0.5) is 0 Å². The molecule has 0 rings (SSSR count). The van der Waals surface area contributed by atoms with Gasteiger partial charge in [0.15, 0.2) is 6.29 Å². The Bertz CT molecular complexity index is 190. The van der Waals surface area contributed by atoms with Crippen LogP contribution in [0.3, 0.4) is 0 Å². The average molecular weight is 260 g/mol. The Morgan fingerprint density at radius 3 is 2.22 bits per heavy atom. The van der Waals surface area contributed by atoms with Gasteiger partial charge in [0.25, 0.3) is 0 Å². The van der Waals surface area contributed by atoms with E-state index >= 15 is 0 Å². The van der Waals surface area contributed by atoms with E-state index in [0.29, 0.717) is 12.5 Å². The van der Waals surface area contributed by atoms with E-state index in [1.165, 1.54) is 0 Å². The van der Waals surface area contributed by atoms with Crippen LogP contribution < -0.4 is 0 Å². The van der Waals surface area contributed by atoms with Crippen LogP contribution in [0.25, 0.3) is 0 Å². The van der Waals surface area contributed by atoms with Gasteiger partial charge in [-0.25, -0.2) is 0 Å². The molecule has 0 radical (unpaired) electrons. The highest BCUT2D eigenvalue weighted by molar-refractivity contribution is 4.68. The fourth-order valence-corrected chi connectivity index (χ4v) is 1.67. The smallest absolute Gasteiger partial charge is 0.154 e. The summed E-state index contributed by atoms with van der Waals surface area (Å²) in [4.78, 5) is 0. The van der Waals surface area contributed by atoms with Gasteiger partial charge in [0.05, 0.1) is 5.60 Å². The molecule has 3 nitrogen and oxygen atoms in total. The number of ether oxygens (including phenoxy) is 3. The molecule has 0 aromatic carbocycles. The van der Waals surface area contributed by atoms with Gasteiger partial charge in [-0.15, -0.1) is 0 Å². The molecular weight excluding hydrogens is 228 g/mol. The van der Waals surface area contributed by atoms with Crippen molar-refractivity contribution in [2.45, 2.75) is 72.7 Å². The summed E-state index contributed by atoms with van der Waals surface area (Å²) >= 11 is 0. The highest BCUT2D eigenvalue weighted by atomic mass is 16.7. The zero-order valence-electron chi connectivity index (χ0n) is 13.1. The van der Waals surface area contributed by atoms with Gasteiger partial charge in [-0.1, -0.05) is 13.8 Å². The first kappa shape index (κ1) is 17.9. The number of hydrogen-bond donors (Lipinski definition) is 0. The maximum Gasteiger partial charge on any atom is 0.154 e. The second-order valence-electron chi connectivity index (χ2n) is 5.79. The first-order valence-electron chi connectivity index (χ1n) is 7.24. The van der Waals surface area contributed by atoms with Gasteiger partial charge < -0.3 is 14.2 Å². The molecule has 3 heteroatoms. The van der Waals surface area contributed by atoms with Gasteiger partial charge in [0.1, 0.15) is 0 Å². The molecule has 0 bridgehead atoms. The van der Waals surface area contributed by atoms with E-state index in [2.05, 4.69) is 27.7 Å². The monoisotopic (exact) mass is 260 g/mol. The van der Waals surface area contributed by atoms with Crippen LogP contribution in [0.2, 0.25) is 0 Å². The van der Waals surface area contributed by atoms with E-state index in [0.717, 1.165) is 32.5 Å². The minimum absolute atomic E-state index is 0.0485. The lowest BCUT2D eigenvalue weighted by molar-refractivity contribution is -0.130. The Morgan fingerprint density at radius 1 is 1.00 bits per heavy atom. The average Bonchev–Trinajstić information content (AvgIpc) is 2.24. The van der Waals surface area contributed by atoms with Crippen molar-refractivity contribution >= 4 is 0 Å². The van der Waals surface area contributed by atoms with Crippen LogP contribution >= 0.6 is 0 Å². The third-order valence-electron chi connectivity index (χ3n) is 2.87. The number of hydrogen-bond acceptors (Lipinski definition) is 3. The Hall–Kier alpha value is -0.120. The van der Waals surface area contributed by atoms with Crippen LogP contribution in [0.5, 0.6) is 0 Å². The van der Waals surface area contributed by atoms with Crippen molar-refractivity contribution in [3.63, 3.8) is 0 Å². The molecule has 0 aromatic heterocycles. The Labute approximate surface area is 113 Å². The van der Waals surface area contributed by atoms with Gasteiger partial charge >= 0.3 is 0 Å². The second kappa shape index (κ2) is 9.76. The molecule has 0 fully saturated rings. The van der Waals surface area contributed by atoms with E-state index in [1.54, 1.807) is 0 Å². The molecule has 1 unspecified atom stereocenters. The quantitative estimate of drug-likeness (QED) is 0.415. The van der Waals surface area contributed by atoms with Gasteiger partial charge in [-0.05, 0) is 52.9 Å². The normalized spacial score (nSPS) is 14.2. The van der Waals surface area contributed by atoms with Crippen LogP contribution in [-0.4, -0.2) is 31.7 Å². The molecule has 110 valence electrons. The molecule has 0 saturated carbocycles. The maximum absolute atomic E-state index is 5.91. The van der Waals surface area contributed by atoms with Gasteiger partial charge in [0.2, 0.25) is 0 Å². The molecular formula is C15H32O3. The van der Waals surface area contributed by atoms with Crippen LogP contribution in [0.1, 0.15) is 60.8 Å². The van der Waals surface area contributed by atoms with Gasteiger partial charge in [-0.2, -0.15) is 0 Å². The third-order valence-corrected chi connectivity index (χ3v) is 2.87. The standard InChI is InChI=1S/C15H32O3/c1-7-16-14(4)17-11-8-10-15(5,6)18-12-9-13(2)3/h13-14H,7-12H2,1-6H3. The van der Waals surface area contributed by atoms with E-state index < -0.39 is 0 Å². The van der Waals surface area contributed by atoms with Crippen molar-refractivity contribution in [2.75, 3.05) is 19.8 Å². The third kappa shape index (κ3) is 11.0. The van der Waals surface area contributed by atoms with E-state index in [1.807, 2.05) is 13.8 Å².